The van der Waals surface area contributed by atoms with Crippen LogP contribution in [0.4, 0.5) is 15.7 Å². The molecular weight excluding hydrogens is 454 g/mol. The maximum absolute atomic E-state index is 9.89. The van der Waals surface area contributed by atoms with Crippen LogP contribution in [0.25, 0.3) is 9.95 Å². The molecule has 0 aliphatic rings. The Morgan fingerprint density at radius 2 is 0.917 bits per heavy atom. The number of nitrogens with zero attached hydrogens (tertiary/aromatic N) is 4. The normalized spacial score (nSPS) is 10.4. The first-order valence-corrected chi connectivity index (χ1v) is 12.7. The Labute approximate surface area is 217 Å². The minimum absolute atomic E-state index is 0.580. The largest absolute Gasteiger partial charge is 0.867 e. The van der Waals surface area contributed by atoms with Gasteiger partial charge in [0.2, 0.25) is 10.8 Å². The summed E-state index contributed by atoms with van der Waals surface area (Å²) in [5.74, 6) is 2.41. The van der Waals surface area contributed by atoms with E-state index in [-0.39, 0.29) is 0 Å². The predicted molar refractivity (Wildman–Crippen MR) is 143 cm³/mol. The number of hydrogen-bond acceptors (Lipinski definition) is 4. The van der Waals surface area contributed by atoms with Gasteiger partial charge in [-0.05, 0) is 60.5 Å². The molecule has 0 atom stereocenters. The maximum atomic E-state index is 9.89. The SMILES string of the molecule is CC(C)Cc1ccc(CC(C)C)c([N+]#N)c1.CC(C)Cc1ccc(CC(C)C)c([N+]#N)c1.[O-]B([O-])F. The van der Waals surface area contributed by atoms with Crippen molar-refractivity contribution in [3.63, 3.8) is 0 Å². The summed E-state index contributed by atoms with van der Waals surface area (Å²) in [6.07, 6.45) is 3.98. The summed E-state index contributed by atoms with van der Waals surface area (Å²) in [5, 5.41) is 34.6. The second-order valence-electron chi connectivity index (χ2n) is 10.8. The zero-order valence-electron chi connectivity index (χ0n) is 23.2. The van der Waals surface area contributed by atoms with Crippen molar-refractivity contribution in [3.05, 3.63) is 68.6 Å². The van der Waals surface area contributed by atoms with Crippen molar-refractivity contribution in [2.24, 2.45) is 23.7 Å². The van der Waals surface area contributed by atoms with Crippen molar-refractivity contribution < 1.29 is 14.4 Å². The lowest BCUT2D eigenvalue weighted by atomic mass is 9.96. The highest BCUT2D eigenvalue weighted by Crippen LogP contribution is 2.26. The van der Waals surface area contributed by atoms with Crippen LogP contribution in [0, 0.1) is 34.5 Å². The summed E-state index contributed by atoms with van der Waals surface area (Å²) < 4.78 is 9.89. The molecule has 0 saturated carbocycles. The first-order valence-electron chi connectivity index (χ1n) is 12.7. The first kappa shape index (κ1) is 33.2. The minimum Gasteiger partial charge on any atom is -0.867 e. The molecule has 0 radical (unpaired) electrons. The van der Waals surface area contributed by atoms with Crippen LogP contribution < -0.4 is 10.0 Å². The molecule has 2 aromatic carbocycles. The molecule has 0 saturated heterocycles. The molecular formula is C28H42BFN4O2. The third kappa shape index (κ3) is 15.2. The van der Waals surface area contributed by atoms with E-state index in [9.17, 15) is 4.32 Å². The number of hydrogen-bond donors (Lipinski definition) is 0. The van der Waals surface area contributed by atoms with Gasteiger partial charge in [0.25, 0.3) is 0 Å². The molecule has 0 heterocycles. The van der Waals surface area contributed by atoms with E-state index in [0.29, 0.717) is 23.7 Å². The molecule has 0 amide bonds. The molecule has 2 rings (SSSR count). The van der Waals surface area contributed by atoms with Crippen LogP contribution in [0.5, 0.6) is 0 Å². The highest BCUT2D eigenvalue weighted by Gasteiger charge is 2.16. The van der Waals surface area contributed by atoms with Gasteiger partial charge in [0.05, 0.1) is 0 Å². The van der Waals surface area contributed by atoms with Crippen LogP contribution in [-0.2, 0) is 25.7 Å². The van der Waals surface area contributed by atoms with Gasteiger partial charge in [0.1, 0.15) is 7.40 Å². The van der Waals surface area contributed by atoms with E-state index < -0.39 is 7.40 Å². The fourth-order valence-electron chi connectivity index (χ4n) is 3.83. The highest BCUT2D eigenvalue weighted by atomic mass is 19.1. The third-order valence-corrected chi connectivity index (χ3v) is 5.06. The molecule has 0 unspecified atom stereocenters. The molecule has 0 spiro atoms. The number of halogens is 1. The molecule has 0 N–H and O–H groups in total. The van der Waals surface area contributed by atoms with Crippen molar-refractivity contribution in [1.82, 2.24) is 0 Å². The molecule has 6 nitrogen and oxygen atoms in total. The lowest BCUT2D eigenvalue weighted by Crippen LogP contribution is -2.39. The van der Waals surface area contributed by atoms with Gasteiger partial charge in [-0.15, -0.1) is 0 Å². The summed E-state index contributed by atoms with van der Waals surface area (Å²) in [5.41, 5.74) is 6.21. The summed E-state index contributed by atoms with van der Waals surface area (Å²) in [6, 6.07) is 12.5. The van der Waals surface area contributed by atoms with E-state index in [4.69, 9.17) is 20.8 Å². The standard InChI is InChI=1S/2C14H21N2.BFO2/c2*1-10(2)7-12-5-6-13(8-11(3)4)14(9-12)16-15;2-1(3)4/h2*5-6,9-11H,7-8H2,1-4H3;/q2*+1;-2. The smallest absolute Gasteiger partial charge is 0.388 e. The van der Waals surface area contributed by atoms with Crippen molar-refractivity contribution in [2.75, 3.05) is 0 Å². The zero-order valence-corrected chi connectivity index (χ0v) is 23.2. The van der Waals surface area contributed by atoms with Gasteiger partial charge in [-0.3, -0.25) is 0 Å². The molecule has 0 aliphatic carbocycles. The first-order chi connectivity index (χ1) is 16.8. The molecule has 8 heteroatoms. The second kappa shape index (κ2) is 17.6. The summed E-state index contributed by atoms with van der Waals surface area (Å²) in [7, 11) is -3.17. The summed E-state index contributed by atoms with van der Waals surface area (Å²) >= 11 is 0. The van der Waals surface area contributed by atoms with Gasteiger partial charge in [0, 0.05) is 23.3 Å². The van der Waals surface area contributed by atoms with Crippen LogP contribution in [0.1, 0.15) is 77.6 Å². The summed E-state index contributed by atoms with van der Waals surface area (Å²) in [4.78, 5) is 6.78. The molecule has 2 aromatic rings. The van der Waals surface area contributed by atoms with E-state index in [0.717, 1.165) is 48.2 Å². The molecule has 0 bridgehead atoms. The average molecular weight is 496 g/mol. The molecule has 0 fully saturated rings. The maximum Gasteiger partial charge on any atom is 0.388 e. The van der Waals surface area contributed by atoms with Crippen molar-refractivity contribution in [3.8, 4) is 0 Å². The van der Waals surface area contributed by atoms with Gasteiger partial charge in [0.15, 0.2) is 9.95 Å². The number of rotatable bonds is 8. The lowest BCUT2D eigenvalue weighted by molar-refractivity contribution is -0.366. The van der Waals surface area contributed by atoms with Crippen LogP contribution in [0.3, 0.4) is 0 Å². The van der Waals surface area contributed by atoms with Gasteiger partial charge in [-0.1, -0.05) is 79.7 Å². The monoisotopic (exact) mass is 496 g/mol. The third-order valence-electron chi connectivity index (χ3n) is 5.06. The van der Waals surface area contributed by atoms with Gasteiger partial charge < -0.3 is 14.4 Å². The fourth-order valence-corrected chi connectivity index (χ4v) is 3.83. The molecule has 196 valence electrons. The van der Waals surface area contributed by atoms with E-state index in [1.54, 1.807) is 0 Å². The van der Waals surface area contributed by atoms with E-state index in [1.165, 1.54) is 11.1 Å². The minimum atomic E-state index is -3.17. The van der Waals surface area contributed by atoms with E-state index in [2.05, 4.69) is 89.6 Å². The Balaban J connectivity index is 0.000000593. The topological polar surface area (TPSA) is 102 Å². The fraction of sp³-hybridized carbons (Fsp3) is 0.571. The van der Waals surface area contributed by atoms with Crippen molar-refractivity contribution in [2.45, 2.75) is 81.1 Å². The van der Waals surface area contributed by atoms with E-state index >= 15 is 0 Å². The van der Waals surface area contributed by atoms with Gasteiger partial charge in [-0.25, -0.2) is 0 Å². The summed E-state index contributed by atoms with van der Waals surface area (Å²) in [6.45, 7) is 17.4. The Morgan fingerprint density at radius 3 is 1.14 bits per heavy atom. The van der Waals surface area contributed by atoms with E-state index in [1.807, 2.05) is 12.1 Å². The zero-order chi connectivity index (χ0) is 27.8. The Kier molecular flexibility index (Phi) is 16.2. The Morgan fingerprint density at radius 1 is 0.639 bits per heavy atom. The number of benzene rings is 2. The van der Waals surface area contributed by atoms with Crippen LogP contribution in [0.2, 0.25) is 0 Å². The van der Waals surface area contributed by atoms with Crippen LogP contribution in [-0.4, -0.2) is 7.40 Å². The van der Waals surface area contributed by atoms with Crippen molar-refractivity contribution >= 4 is 18.8 Å². The lowest BCUT2D eigenvalue weighted by Gasteiger charge is -2.09. The van der Waals surface area contributed by atoms with Gasteiger partial charge >= 0.3 is 11.4 Å². The van der Waals surface area contributed by atoms with Crippen LogP contribution in [0.15, 0.2) is 36.4 Å². The quantitative estimate of drug-likeness (QED) is 0.296. The van der Waals surface area contributed by atoms with Crippen LogP contribution >= 0.6 is 0 Å². The highest BCUT2D eigenvalue weighted by molar-refractivity contribution is 6.27. The predicted octanol–water partition coefficient (Wildman–Crippen LogP) is 6.80. The number of diazo groups is 2. The van der Waals surface area contributed by atoms with Gasteiger partial charge in [-0.2, -0.15) is 0 Å². The molecule has 0 aromatic heterocycles. The van der Waals surface area contributed by atoms with Crippen molar-refractivity contribution in [1.29, 1.82) is 10.8 Å². The molecule has 36 heavy (non-hydrogen) atoms. The Hall–Kier alpha value is -2.81. The molecule has 0 aliphatic heterocycles. The second-order valence-corrected chi connectivity index (χ2v) is 10.8. The average Bonchev–Trinajstić information content (AvgIpc) is 2.74. The Bertz CT molecular complexity index is 916.